The Morgan fingerprint density at radius 2 is 2.00 bits per heavy atom. The van der Waals surface area contributed by atoms with Crippen LogP contribution < -0.4 is 4.90 Å². The zero-order valence-electron chi connectivity index (χ0n) is 13.7. The van der Waals surface area contributed by atoms with E-state index in [0.29, 0.717) is 6.42 Å². The summed E-state index contributed by atoms with van der Waals surface area (Å²) in [5, 5.41) is 8.74. The van der Waals surface area contributed by atoms with Crippen LogP contribution >= 0.6 is 0 Å². The number of pyridine rings is 1. The van der Waals surface area contributed by atoms with E-state index >= 15 is 0 Å². The fourth-order valence-corrected chi connectivity index (χ4v) is 3.45. The molecular weight excluding hydrogens is 302 g/mol. The van der Waals surface area contributed by atoms with Gasteiger partial charge in [-0.05, 0) is 42.5 Å². The summed E-state index contributed by atoms with van der Waals surface area (Å²) in [7, 11) is 0. The molecule has 0 radical (unpaired) electrons. The highest BCUT2D eigenvalue weighted by molar-refractivity contribution is 5.79. The van der Waals surface area contributed by atoms with Gasteiger partial charge in [0, 0.05) is 38.6 Å². The van der Waals surface area contributed by atoms with Gasteiger partial charge in [0.1, 0.15) is 0 Å². The number of aromatic nitrogens is 3. The van der Waals surface area contributed by atoms with Crippen molar-refractivity contribution in [2.45, 2.75) is 25.7 Å². The number of hydrogen-bond donors (Lipinski definition) is 0. The smallest absolute Gasteiger partial charge is 0.227 e. The lowest BCUT2D eigenvalue weighted by molar-refractivity contribution is -0.130. The van der Waals surface area contributed by atoms with E-state index in [0.717, 1.165) is 56.1 Å². The normalized spacial score (nSPS) is 17.0. The lowest BCUT2D eigenvalue weighted by Crippen LogP contribution is -2.49. The third-order valence-corrected chi connectivity index (χ3v) is 4.84. The van der Waals surface area contributed by atoms with Crippen LogP contribution in [0.1, 0.15) is 23.2 Å². The number of aryl methyl sites for hydroxylation is 2. The van der Waals surface area contributed by atoms with Crippen LogP contribution in [-0.4, -0.2) is 52.2 Å². The molecule has 1 amide bonds. The second-order valence-electron chi connectivity index (χ2n) is 6.43. The SMILES string of the molecule is O=C(Cc1cccnc1)N1CCN(c2cc3c(nn2)CCC3)CC1. The van der Waals surface area contributed by atoms with Crippen molar-refractivity contribution in [3.63, 3.8) is 0 Å². The third kappa shape index (κ3) is 3.09. The first kappa shape index (κ1) is 15.1. The Labute approximate surface area is 141 Å². The van der Waals surface area contributed by atoms with Gasteiger partial charge in [-0.1, -0.05) is 6.07 Å². The largest absolute Gasteiger partial charge is 0.352 e. The summed E-state index contributed by atoms with van der Waals surface area (Å²) in [4.78, 5) is 20.7. The maximum Gasteiger partial charge on any atom is 0.227 e. The topological polar surface area (TPSA) is 62.2 Å². The number of anilines is 1. The molecule has 0 spiro atoms. The molecule has 0 aromatic carbocycles. The number of amides is 1. The molecule has 0 atom stereocenters. The Balaban J connectivity index is 1.35. The first-order valence-electron chi connectivity index (χ1n) is 8.57. The van der Waals surface area contributed by atoms with Gasteiger partial charge in [-0.15, -0.1) is 5.10 Å². The molecule has 3 heterocycles. The molecule has 6 nitrogen and oxygen atoms in total. The maximum absolute atomic E-state index is 12.4. The number of hydrogen-bond acceptors (Lipinski definition) is 5. The van der Waals surface area contributed by atoms with Gasteiger partial charge in [0.15, 0.2) is 5.82 Å². The van der Waals surface area contributed by atoms with Crippen molar-refractivity contribution in [1.29, 1.82) is 0 Å². The van der Waals surface area contributed by atoms with Crippen molar-refractivity contribution in [3.05, 3.63) is 47.4 Å². The van der Waals surface area contributed by atoms with Crippen LogP contribution in [0.15, 0.2) is 30.6 Å². The molecule has 124 valence electrons. The number of piperazine rings is 1. The molecule has 1 aliphatic carbocycles. The fourth-order valence-electron chi connectivity index (χ4n) is 3.45. The van der Waals surface area contributed by atoms with E-state index < -0.39 is 0 Å². The Bertz CT molecular complexity index is 725. The number of fused-ring (bicyclic) bond motifs is 1. The van der Waals surface area contributed by atoms with Gasteiger partial charge in [0.25, 0.3) is 0 Å². The summed E-state index contributed by atoms with van der Waals surface area (Å²) in [5.41, 5.74) is 3.47. The van der Waals surface area contributed by atoms with Gasteiger partial charge < -0.3 is 9.80 Å². The van der Waals surface area contributed by atoms with Crippen LogP contribution in [0.3, 0.4) is 0 Å². The second-order valence-corrected chi connectivity index (χ2v) is 6.43. The summed E-state index contributed by atoms with van der Waals surface area (Å²) in [6, 6.07) is 6.00. The van der Waals surface area contributed by atoms with E-state index in [1.54, 1.807) is 12.4 Å². The molecule has 0 bridgehead atoms. The Kier molecular flexibility index (Phi) is 4.11. The lowest BCUT2D eigenvalue weighted by Gasteiger charge is -2.35. The molecule has 0 N–H and O–H groups in total. The van der Waals surface area contributed by atoms with Crippen LogP contribution in [0.5, 0.6) is 0 Å². The zero-order valence-corrected chi connectivity index (χ0v) is 13.7. The monoisotopic (exact) mass is 323 g/mol. The first-order chi connectivity index (χ1) is 11.8. The number of carbonyl (C=O) groups excluding carboxylic acids is 1. The third-order valence-electron chi connectivity index (χ3n) is 4.84. The average Bonchev–Trinajstić information content (AvgIpc) is 3.10. The second kappa shape index (κ2) is 6.55. The van der Waals surface area contributed by atoms with Crippen molar-refractivity contribution >= 4 is 11.7 Å². The van der Waals surface area contributed by atoms with E-state index in [4.69, 9.17) is 0 Å². The fraction of sp³-hybridized carbons (Fsp3) is 0.444. The van der Waals surface area contributed by atoms with E-state index in [1.807, 2.05) is 17.0 Å². The van der Waals surface area contributed by atoms with Gasteiger partial charge in [-0.25, -0.2) is 0 Å². The zero-order chi connectivity index (χ0) is 16.4. The molecule has 2 aromatic heterocycles. The van der Waals surface area contributed by atoms with Crippen molar-refractivity contribution in [3.8, 4) is 0 Å². The minimum absolute atomic E-state index is 0.169. The van der Waals surface area contributed by atoms with Crippen molar-refractivity contribution in [1.82, 2.24) is 20.1 Å². The minimum Gasteiger partial charge on any atom is -0.352 e. The van der Waals surface area contributed by atoms with Gasteiger partial charge in [0.2, 0.25) is 5.91 Å². The summed E-state index contributed by atoms with van der Waals surface area (Å²) < 4.78 is 0. The van der Waals surface area contributed by atoms with Crippen LogP contribution in [0.4, 0.5) is 5.82 Å². The highest BCUT2D eigenvalue weighted by Gasteiger charge is 2.23. The summed E-state index contributed by atoms with van der Waals surface area (Å²) >= 11 is 0. The highest BCUT2D eigenvalue weighted by atomic mass is 16.2. The molecule has 4 rings (SSSR count). The van der Waals surface area contributed by atoms with Crippen LogP contribution in [-0.2, 0) is 24.1 Å². The van der Waals surface area contributed by atoms with Gasteiger partial charge in [-0.3, -0.25) is 9.78 Å². The standard InChI is InChI=1S/C18H21N5O/c24-18(11-14-3-2-6-19-13-14)23-9-7-22(8-10-23)17-12-15-4-1-5-16(15)20-21-17/h2-3,6,12-13H,1,4-5,7-11H2. The van der Waals surface area contributed by atoms with E-state index in [9.17, 15) is 4.79 Å². The molecule has 1 saturated heterocycles. The lowest BCUT2D eigenvalue weighted by atomic mass is 10.2. The van der Waals surface area contributed by atoms with Crippen molar-refractivity contribution in [2.24, 2.45) is 0 Å². The maximum atomic E-state index is 12.4. The van der Waals surface area contributed by atoms with Crippen molar-refractivity contribution < 1.29 is 4.79 Å². The van der Waals surface area contributed by atoms with Gasteiger partial charge in [0.05, 0.1) is 12.1 Å². The predicted molar refractivity (Wildman–Crippen MR) is 90.8 cm³/mol. The Morgan fingerprint density at radius 3 is 2.79 bits per heavy atom. The van der Waals surface area contributed by atoms with Gasteiger partial charge >= 0.3 is 0 Å². The summed E-state index contributed by atoms with van der Waals surface area (Å²) in [6.45, 7) is 3.09. The van der Waals surface area contributed by atoms with E-state index in [1.165, 1.54) is 12.0 Å². The van der Waals surface area contributed by atoms with Crippen LogP contribution in [0.2, 0.25) is 0 Å². The molecule has 2 aromatic rings. The number of carbonyl (C=O) groups is 1. The number of rotatable bonds is 3. The molecule has 24 heavy (non-hydrogen) atoms. The molecule has 0 saturated carbocycles. The molecule has 2 aliphatic rings. The molecular formula is C18H21N5O. The molecule has 1 aliphatic heterocycles. The predicted octanol–water partition coefficient (Wildman–Crippen LogP) is 1.25. The quantitative estimate of drug-likeness (QED) is 0.851. The summed E-state index contributed by atoms with van der Waals surface area (Å²) in [5.74, 6) is 1.12. The molecule has 6 heteroatoms. The average molecular weight is 323 g/mol. The van der Waals surface area contributed by atoms with E-state index in [2.05, 4.69) is 26.1 Å². The van der Waals surface area contributed by atoms with E-state index in [-0.39, 0.29) is 5.91 Å². The minimum atomic E-state index is 0.169. The Hall–Kier alpha value is -2.50. The molecule has 0 unspecified atom stereocenters. The Morgan fingerprint density at radius 1 is 1.12 bits per heavy atom. The first-order valence-corrected chi connectivity index (χ1v) is 8.57. The highest BCUT2D eigenvalue weighted by Crippen LogP contribution is 2.23. The van der Waals surface area contributed by atoms with Crippen LogP contribution in [0, 0.1) is 0 Å². The van der Waals surface area contributed by atoms with Gasteiger partial charge in [-0.2, -0.15) is 5.10 Å². The van der Waals surface area contributed by atoms with Crippen molar-refractivity contribution in [2.75, 3.05) is 31.1 Å². The number of nitrogens with zero attached hydrogens (tertiary/aromatic N) is 5. The molecule has 1 fully saturated rings. The summed E-state index contributed by atoms with van der Waals surface area (Å²) in [6.07, 6.45) is 7.26. The van der Waals surface area contributed by atoms with Crippen LogP contribution in [0.25, 0.3) is 0 Å².